The molecule has 2 rings (SSSR count). The van der Waals surface area contributed by atoms with E-state index < -0.39 is 0 Å². The maximum absolute atomic E-state index is 4.54. The molecule has 0 radical (unpaired) electrons. The van der Waals surface area contributed by atoms with E-state index in [2.05, 4.69) is 60.5 Å². The first-order valence-corrected chi connectivity index (χ1v) is 8.06. The summed E-state index contributed by atoms with van der Waals surface area (Å²) in [5.41, 5.74) is 3.56. The van der Waals surface area contributed by atoms with Crippen molar-refractivity contribution in [3.8, 4) is 0 Å². The second kappa shape index (κ2) is 7.46. The lowest BCUT2D eigenvalue weighted by molar-refractivity contribution is 0.597. The summed E-state index contributed by atoms with van der Waals surface area (Å²) in [7, 11) is 0. The van der Waals surface area contributed by atoms with Crippen LogP contribution < -0.4 is 5.32 Å². The van der Waals surface area contributed by atoms with Crippen molar-refractivity contribution in [2.75, 3.05) is 6.54 Å². The van der Waals surface area contributed by atoms with Gasteiger partial charge in [0.2, 0.25) is 0 Å². The summed E-state index contributed by atoms with van der Waals surface area (Å²) < 4.78 is 0. The molecule has 3 heteroatoms. The van der Waals surface area contributed by atoms with Gasteiger partial charge in [0.1, 0.15) is 0 Å². The smallest absolute Gasteiger partial charge is 0.0509 e. The summed E-state index contributed by atoms with van der Waals surface area (Å²) in [4.78, 5) is 5.84. The Kier molecular flexibility index (Phi) is 5.62. The lowest BCUT2D eigenvalue weighted by atomic mass is 10.1. The van der Waals surface area contributed by atoms with E-state index in [9.17, 15) is 0 Å². The maximum atomic E-state index is 4.54. The Bertz CT molecular complexity index is 554. The summed E-state index contributed by atoms with van der Waals surface area (Å²) in [6, 6.07) is 15.4. The first-order chi connectivity index (χ1) is 9.69. The van der Waals surface area contributed by atoms with Crippen LogP contribution in [-0.2, 0) is 5.75 Å². The van der Waals surface area contributed by atoms with Crippen LogP contribution in [0.3, 0.4) is 0 Å². The Morgan fingerprint density at radius 2 is 2.00 bits per heavy atom. The van der Waals surface area contributed by atoms with E-state index in [1.54, 1.807) is 0 Å². The van der Waals surface area contributed by atoms with Crippen molar-refractivity contribution in [3.63, 3.8) is 0 Å². The molecule has 20 heavy (non-hydrogen) atoms. The molecule has 0 aliphatic rings. The minimum atomic E-state index is 0.401. The van der Waals surface area contributed by atoms with Crippen LogP contribution in [0.5, 0.6) is 0 Å². The lowest BCUT2D eigenvalue weighted by Crippen LogP contribution is -2.17. The monoisotopic (exact) mass is 286 g/mol. The van der Waals surface area contributed by atoms with Crippen LogP contribution in [0.1, 0.15) is 36.8 Å². The first kappa shape index (κ1) is 15.1. The number of rotatable bonds is 6. The number of hydrogen-bond donors (Lipinski definition) is 1. The molecule has 1 aromatic carbocycles. The predicted molar refractivity (Wildman–Crippen MR) is 87.1 cm³/mol. The van der Waals surface area contributed by atoms with E-state index >= 15 is 0 Å². The van der Waals surface area contributed by atoms with Crippen molar-refractivity contribution < 1.29 is 0 Å². The van der Waals surface area contributed by atoms with Gasteiger partial charge in [-0.25, -0.2) is 0 Å². The zero-order valence-corrected chi connectivity index (χ0v) is 13.2. The zero-order valence-electron chi connectivity index (χ0n) is 12.4. The largest absolute Gasteiger partial charge is 0.310 e. The number of nitrogens with zero attached hydrogens (tertiary/aromatic N) is 1. The SMILES string of the molecule is CCNC(C)c1cccc(SCc2cccc(C)n2)c1. The predicted octanol–water partition coefficient (Wildman–Crippen LogP) is 4.35. The fourth-order valence-corrected chi connectivity index (χ4v) is 3.00. The van der Waals surface area contributed by atoms with Crippen LogP contribution in [0.4, 0.5) is 0 Å². The van der Waals surface area contributed by atoms with Crippen LogP contribution in [0.15, 0.2) is 47.4 Å². The standard InChI is InChI=1S/C17H22N2S/c1-4-18-14(3)15-8-6-10-17(11-15)20-12-16-9-5-7-13(2)19-16/h5-11,14,18H,4,12H2,1-3H3. The molecule has 0 amide bonds. The molecule has 1 N–H and O–H groups in total. The number of pyridine rings is 1. The molecule has 1 heterocycles. The van der Waals surface area contributed by atoms with Gasteiger partial charge in [-0.3, -0.25) is 4.98 Å². The highest BCUT2D eigenvalue weighted by Gasteiger charge is 2.05. The van der Waals surface area contributed by atoms with E-state index in [1.807, 2.05) is 24.8 Å². The second-order valence-electron chi connectivity index (χ2n) is 4.91. The number of thioether (sulfide) groups is 1. The number of benzene rings is 1. The molecule has 0 saturated carbocycles. The van der Waals surface area contributed by atoms with Gasteiger partial charge in [-0.1, -0.05) is 25.1 Å². The van der Waals surface area contributed by atoms with Gasteiger partial charge >= 0.3 is 0 Å². The van der Waals surface area contributed by atoms with E-state index in [0.717, 1.165) is 23.7 Å². The van der Waals surface area contributed by atoms with Crippen LogP contribution in [-0.4, -0.2) is 11.5 Å². The van der Waals surface area contributed by atoms with Gasteiger partial charge in [-0.05, 0) is 50.2 Å². The Balaban J connectivity index is 2.01. The minimum absolute atomic E-state index is 0.401. The Hall–Kier alpha value is -1.32. The Labute approximate surface area is 126 Å². The van der Waals surface area contributed by atoms with Gasteiger partial charge in [0.15, 0.2) is 0 Å². The quantitative estimate of drug-likeness (QED) is 0.799. The van der Waals surface area contributed by atoms with Crippen molar-refractivity contribution in [2.45, 2.75) is 37.5 Å². The van der Waals surface area contributed by atoms with Gasteiger partial charge in [0, 0.05) is 22.4 Å². The fraction of sp³-hybridized carbons (Fsp3) is 0.353. The maximum Gasteiger partial charge on any atom is 0.0509 e. The van der Waals surface area contributed by atoms with E-state index in [4.69, 9.17) is 0 Å². The third-order valence-corrected chi connectivity index (χ3v) is 4.23. The van der Waals surface area contributed by atoms with Gasteiger partial charge in [-0.15, -0.1) is 11.8 Å². The number of hydrogen-bond acceptors (Lipinski definition) is 3. The average molecular weight is 286 g/mol. The Morgan fingerprint density at radius 1 is 1.20 bits per heavy atom. The molecule has 0 aliphatic carbocycles. The second-order valence-corrected chi connectivity index (χ2v) is 5.96. The summed E-state index contributed by atoms with van der Waals surface area (Å²) in [5, 5.41) is 3.45. The molecule has 2 aromatic rings. The lowest BCUT2D eigenvalue weighted by Gasteiger charge is -2.13. The molecular weight excluding hydrogens is 264 g/mol. The molecule has 0 fully saturated rings. The van der Waals surface area contributed by atoms with Crippen molar-refractivity contribution in [1.29, 1.82) is 0 Å². The molecule has 0 spiro atoms. The molecule has 1 atom stereocenters. The van der Waals surface area contributed by atoms with Crippen molar-refractivity contribution in [2.24, 2.45) is 0 Å². The highest BCUT2D eigenvalue weighted by Crippen LogP contribution is 2.25. The summed E-state index contributed by atoms with van der Waals surface area (Å²) in [6.45, 7) is 7.37. The van der Waals surface area contributed by atoms with Gasteiger partial charge in [0.25, 0.3) is 0 Å². The van der Waals surface area contributed by atoms with Gasteiger partial charge in [-0.2, -0.15) is 0 Å². The average Bonchev–Trinajstić information content (AvgIpc) is 2.46. The molecule has 0 bridgehead atoms. The third kappa shape index (κ3) is 4.36. The highest BCUT2D eigenvalue weighted by molar-refractivity contribution is 7.98. The fourth-order valence-electron chi connectivity index (χ4n) is 2.13. The van der Waals surface area contributed by atoms with Crippen LogP contribution >= 0.6 is 11.8 Å². The molecular formula is C17H22N2S. The normalized spacial score (nSPS) is 12.3. The summed E-state index contributed by atoms with van der Waals surface area (Å²) in [5.74, 6) is 0.917. The number of aryl methyl sites for hydroxylation is 1. The van der Waals surface area contributed by atoms with Crippen LogP contribution in [0, 0.1) is 6.92 Å². The van der Waals surface area contributed by atoms with Crippen molar-refractivity contribution in [3.05, 3.63) is 59.4 Å². The molecule has 1 aromatic heterocycles. The molecule has 2 nitrogen and oxygen atoms in total. The highest BCUT2D eigenvalue weighted by atomic mass is 32.2. The molecule has 0 saturated heterocycles. The van der Waals surface area contributed by atoms with E-state index in [1.165, 1.54) is 10.5 Å². The summed E-state index contributed by atoms with van der Waals surface area (Å²) >= 11 is 1.84. The van der Waals surface area contributed by atoms with E-state index in [-0.39, 0.29) is 0 Å². The zero-order chi connectivity index (χ0) is 14.4. The molecule has 106 valence electrons. The van der Waals surface area contributed by atoms with Crippen molar-refractivity contribution in [1.82, 2.24) is 10.3 Å². The minimum Gasteiger partial charge on any atom is -0.310 e. The number of aromatic nitrogens is 1. The van der Waals surface area contributed by atoms with Crippen LogP contribution in [0.25, 0.3) is 0 Å². The van der Waals surface area contributed by atoms with Crippen LogP contribution in [0.2, 0.25) is 0 Å². The van der Waals surface area contributed by atoms with Gasteiger partial charge in [0.05, 0.1) is 5.69 Å². The molecule has 0 aliphatic heterocycles. The third-order valence-electron chi connectivity index (χ3n) is 3.20. The Morgan fingerprint density at radius 3 is 2.75 bits per heavy atom. The number of nitrogens with one attached hydrogen (secondary N) is 1. The van der Waals surface area contributed by atoms with E-state index in [0.29, 0.717) is 6.04 Å². The molecule has 1 unspecified atom stereocenters. The van der Waals surface area contributed by atoms with Gasteiger partial charge < -0.3 is 5.32 Å². The van der Waals surface area contributed by atoms with Crippen molar-refractivity contribution >= 4 is 11.8 Å². The topological polar surface area (TPSA) is 24.9 Å². The first-order valence-electron chi connectivity index (χ1n) is 7.07. The summed E-state index contributed by atoms with van der Waals surface area (Å²) in [6.07, 6.45) is 0.